The molecule has 0 saturated heterocycles. The van der Waals surface area contributed by atoms with E-state index in [2.05, 4.69) is 0 Å². The number of amides is 1. The highest BCUT2D eigenvalue weighted by atomic mass is 32.2. The first-order valence-electron chi connectivity index (χ1n) is 9.13. The van der Waals surface area contributed by atoms with Crippen LogP contribution in [0.4, 0.5) is 18.9 Å². The molecule has 0 saturated carbocycles. The van der Waals surface area contributed by atoms with Crippen LogP contribution >= 0.6 is 11.8 Å². The molecule has 0 spiro atoms. The normalized spacial score (nSPS) is 17.6. The van der Waals surface area contributed by atoms with Gasteiger partial charge in [-0.15, -0.1) is 11.8 Å². The maximum Gasteiger partial charge on any atom is 0.416 e. The van der Waals surface area contributed by atoms with Gasteiger partial charge in [0.15, 0.2) is 0 Å². The summed E-state index contributed by atoms with van der Waals surface area (Å²) in [5.41, 5.74) is -0.397. The van der Waals surface area contributed by atoms with Gasteiger partial charge in [-0.1, -0.05) is 6.92 Å². The quantitative estimate of drug-likeness (QED) is 0.680. The van der Waals surface area contributed by atoms with Gasteiger partial charge in [-0.25, -0.2) is 12.7 Å². The molecule has 5 nitrogen and oxygen atoms in total. The Bertz CT molecular complexity index is 1050. The summed E-state index contributed by atoms with van der Waals surface area (Å²) in [6.45, 7) is 2.22. The lowest BCUT2D eigenvalue weighted by atomic mass is 10.1. The van der Waals surface area contributed by atoms with Crippen molar-refractivity contribution in [1.82, 2.24) is 4.31 Å². The summed E-state index contributed by atoms with van der Waals surface area (Å²) in [6.07, 6.45) is -3.91. The number of sulfonamides is 1. The third-order valence-electron chi connectivity index (χ3n) is 4.79. The molecule has 162 valence electrons. The van der Waals surface area contributed by atoms with Gasteiger partial charge in [-0.2, -0.15) is 13.2 Å². The third-order valence-corrected chi connectivity index (χ3v) is 7.86. The Balaban J connectivity index is 2.00. The molecule has 0 radical (unpaired) electrons. The Hall–Kier alpha value is -2.04. The Morgan fingerprint density at radius 3 is 2.33 bits per heavy atom. The zero-order valence-electron chi connectivity index (χ0n) is 16.6. The second-order valence-corrected chi connectivity index (χ2v) is 10.8. The van der Waals surface area contributed by atoms with Crippen molar-refractivity contribution in [2.24, 2.45) is 0 Å². The molecule has 2 aromatic carbocycles. The highest BCUT2D eigenvalue weighted by Crippen LogP contribution is 2.41. The molecule has 1 aliphatic rings. The van der Waals surface area contributed by atoms with E-state index >= 15 is 0 Å². The van der Waals surface area contributed by atoms with Crippen LogP contribution < -0.4 is 4.90 Å². The summed E-state index contributed by atoms with van der Waals surface area (Å²) in [4.78, 5) is 15.1. The van der Waals surface area contributed by atoms with Crippen LogP contribution in [0.1, 0.15) is 29.3 Å². The van der Waals surface area contributed by atoms with Crippen molar-refractivity contribution in [2.75, 3.05) is 25.5 Å². The average molecular weight is 459 g/mol. The van der Waals surface area contributed by atoms with Gasteiger partial charge < -0.3 is 4.90 Å². The fourth-order valence-electron chi connectivity index (χ4n) is 3.06. The van der Waals surface area contributed by atoms with E-state index in [1.54, 1.807) is 0 Å². The molecule has 0 aliphatic carbocycles. The molecule has 0 fully saturated rings. The minimum atomic E-state index is -4.52. The Morgan fingerprint density at radius 2 is 1.77 bits per heavy atom. The minimum absolute atomic E-state index is 0.0313. The molecule has 0 aromatic heterocycles. The summed E-state index contributed by atoms with van der Waals surface area (Å²) in [5.74, 6) is -0.473. The number of fused-ring (bicyclic) bond motifs is 1. The second-order valence-electron chi connectivity index (χ2n) is 7.17. The van der Waals surface area contributed by atoms with E-state index in [1.807, 2.05) is 6.92 Å². The lowest BCUT2D eigenvalue weighted by Crippen LogP contribution is -2.32. The second kappa shape index (κ2) is 8.24. The number of nitrogens with zero attached hydrogens (tertiary/aromatic N) is 2. The zero-order chi connectivity index (χ0) is 22.3. The molecule has 1 heterocycles. The minimum Gasteiger partial charge on any atom is -0.307 e. The molecule has 1 unspecified atom stereocenters. The molecule has 0 bridgehead atoms. The van der Waals surface area contributed by atoms with Crippen LogP contribution in [0.2, 0.25) is 0 Å². The van der Waals surface area contributed by atoms with Crippen LogP contribution in [0, 0.1) is 0 Å². The first kappa shape index (κ1) is 22.6. The van der Waals surface area contributed by atoms with Gasteiger partial charge in [0, 0.05) is 36.3 Å². The van der Waals surface area contributed by atoms with Crippen molar-refractivity contribution in [3.63, 3.8) is 0 Å². The number of benzene rings is 2. The van der Waals surface area contributed by atoms with Crippen molar-refractivity contribution in [3.8, 4) is 0 Å². The van der Waals surface area contributed by atoms with E-state index in [9.17, 15) is 26.4 Å². The maximum absolute atomic E-state index is 13.2. The Labute approximate surface area is 177 Å². The van der Waals surface area contributed by atoms with Crippen LogP contribution in [0.3, 0.4) is 0 Å². The predicted octanol–water partition coefficient (Wildman–Crippen LogP) is 4.49. The van der Waals surface area contributed by atoms with Crippen LogP contribution in [-0.4, -0.2) is 44.5 Å². The highest BCUT2D eigenvalue weighted by molar-refractivity contribution is 8.00. The van der Waals surface area contributed by atoms with Crippen molar-refractivity contribution in [3.05, 3.63) is 53.6 Å². The van der Waals surface area contributed by atoms with Crippen LogP contribution in [-0.2, 0) is 16.2 Å². The fourth-order valence-corrected chi connectivity index (χ4v) is 5.05. The molecular weight excluding hydrogens is 437 g/mol. The van der Waals surface area contributed by atoms with Crippen LogP contribution in [0.15, 0.2) is 52.3 Å². The first-order valence-corrected chi connectivity index (χ1v) is 11.5. The molecular formula is C20H21F3N2O3S2. The van der Waals surface area contributed by atoms with Crippen molar-refractivity contribution < 1.29 is 26.4 Å². The van der Waals surface area contributed by atoms with Crippen molar-refractivity contribution in [1.29, 1.82) is 0 Å². The van der Waals surface area contributed by atoms with Gasteiger partial charge in [0.05, 0.1) is 16.1 Å². The topological polar surface area (TPSA) is 57.7 Å². The SMILES string of the molecule is CC1CCN(C(=O)c2ccc(S(=O)(=O)N(C)C)cc2)c2cc(C(F)(F)F)ccc2S1. The fraction of sp³-hybridized carbons (Fsp3) is 0.350. The molecule has 1 aliphatic heterocycles. The van der Waals surface area contributed by atoms with Crippen LogP contribution in [0.25, 0.3) is 0 Å². The average Bonchev–Trinajstić information content (AvgIpc) is 2.84. The van der Waals surface area contributed by atoms with E-state index in [4.69, 9.17) is 0 Å². The van der Waals surface area contributed by atoms with Gasteiger partial charge in [0.25, 0.3) is 5.91 Å². The number of carbonyl (C=O) groups is 1. The van der Waals surface area contributed by atoms with Gasteiger partial charge in [0.1, 0.15) is 0 Å². The highest BCUT2D eigenvalue weighted by Gasteiger charge is 2.33. The monoisotopic (exact) mass is 458 g/mol. The summed E-state index contributed by atoms with van der Waals surface area (Å²) in [7, 11) is -0.843. The van der Waals surface area contributed by atoms with Gasteiger partial charge in [-0.3, -0.25) is 4.79 Å². The summed E-state index contributed by atoms with van der Waals surface area (Å²) < 4.78 is 65.2. The first-order chi connectivity index (χ1) is 13.9. The number of hydrogen-bond acceptors (Lipinski definition) is 4. The summed E-state index contributed by atoms with van der Waals surface area (Å²) in [5, 5.41) is 0.130. The lowest BCUT2D eigenvalue weighted by molar-refractivity contribution is -0.137. The molecule has 1 atom stereocenters. The number of carbonyl (C=O) groups excluding carboxylic acids is 1. The smallest absolute Gasteiger partial charge is 0.307 e. The number of thioether (sulfide) groups is 1. The molecule has 3 rings (SSSR count). The van der Waals surface area contributed by atoms with E-state index in [1.165, 1.54) is 61.1 Å². The molecule has 0 N–H and O–H groups in total. The number of rotatable bonds is 3. The van der Waals surface area contributed by atoms with Crippen LogP contribution in [0.5, 0.6) is 0 Å². The van der Waals surface area contributed by atoms with E-state index in [0.29, 0.717) is 11.3 Å². The Morgan fingerprint density at radius 1 is 1.13 bits per heavy atom. The van der Waals surface area contributed by atoms with Crippen molar-refractivity contribution in [2.45, 2.75) is 34.6 Å². The van der Waals surface area contributed by atoms with Gasteiger partial charge >= 0.3 is 6.18 Å². The van der Waals surface area contributed by atoms with E-state index in [-0.39, 0.29) is 27.9 Å². The van der Waals surface area contributed by atoms with Crippen molar-refractivity contribution >= 4 is 33.4 Å². The number of anilines is 1. The predicted molar refractivity (Wildman–Crippen MR) is 110 cm³/mol. The standard InChI is InChI=1S/C20H21F3N2O3S2/c1-13-10-11-25(17-12-15(20(21,22)23)6-9-18(17)29-13)19(26)14-4-7-16(8-5-14)30(27,28)24(2)3/h4-9,12-13H,10-11H2,1-3H3. The Kier molecular flexibility index (Phi) is 6.22. The number of hydrogen-bond donors (Lipinski definition) is 0. The molecule has 1 amide bonds. The zero-order valence-corrected chi connectivity index (χ0v) is 18.2. The van der Waals surface area contributed by atoms with E-state index < -0.39 is 27.7 Å². The molecule has 30 heavy (non-hydrogen) atoms. The number of alkyl halides is 3. The largest absolute Gasteiger partial charge is 0.416 e. The maximum atomic E-state index is 13.2. The number of halogens is 3. The summed E-state index contributed by atoms with van der Waals surface area (Å²) >= 11 is 1.43. The van der Waals surface area contributed by atoms with Gasteiger partial charge in [0.2, 0.25) is 10.0 Å². The van der Waals surface area contributed by atoms with Gasteiger partial charge in [-0.05, 0) is 48.9 Å². The van der Waals surface area contributed by atoms with E-state index in [0.717, 1.165) is 16.4 Å². The molecule has 10 heteroatoms. The third kappa shape index (κ3) is 4.50. The summed E-state index contributed by atoms with van der Waals surface area (Å²) in [6, 6.07) is 8.84. The molecule has 2 aromatic rings. The lowest BCUT2D eigenvalue weighted by Gasteiger charge is -2.24.